The van der Waals surface area contributed by atoms with Gasteiger partial charge >= 0.3 is 12.0 Å². The molecule has 106 valence electrons. The van der Waals surface area contributed by atoms with Crippen molar-refractivity contribution in [3.8, 4) is 12.0 Å². The van der Waals surface area contributed by atoms with Crippen molar-refractivity contribution in [3.05, 3.63) is 0 Å². The molecule has 7 nitrogen and oxygen atoms in total. The molecule has 1 aromatic heterocycles. The summed E-state index contributed by atoms with van der Waals surface area (Å²) in [5, 5.41) is 3.37. The van der Waals surface area contributed by atoms with E-state index in [1.807, 2.05) is 0 Å². The Bertz CT molecular complexity index is 393. The number of anilines is 1. The number of hydrogen-bond acceptors (Lipinski definition) is 7. The van der Waals surface area contributed by atoms with Crippen molar-refractivity contribution in [2.45, 2.75) is 25.8 Å². The quantitative estimate of drug-likeness (QED) is 0.803. The lowest BCUT2D eigenvalue weighted by Gasteiger charge is -2.24. The van der Waals surface area contributed by atoms with Crippen molar-refractivity contribution in [3.63, 3.8) is 0 Å². The lowest BCUT2D eigenvalue weighted by Crippen LogP contribution is -2.39. The van der Waals surface area contributed by atoms with E-state index < -0.39 is 0 Å². The van der Waals surface area contributed by atoms with Crippen LogP contribution in [0.5, 0.6) is 12.0 Å². The molecule has 1 aliphatic rings. The molecular formula is C12H21N5O2. The Hall–Kier alpha value is -1.63. The molecule has 0 amide bonds. The van der Waals surface area contributed by atoms with Crippen LogP contribution in [-0.4, -0.2) is 54.8 Å². The molecule has 1 N–H and O–H groups in total. The molecule has 1 unspecified atom stereocenters. The first kappa shape index (κ1) is 13.8. The monoisotopic (exact) mass is 267 g/mol. The number of ether oxygens (including phenoxy) is 2. The number of hydrogen-bond donors (Lipinski definition) is 1. The van der Waals surface area contributed by atoms with Crippen LogP contribution in [-0.2, 0) is 0 Å². The summed E-state index contributed by atoms with van der Waals surface area (Å²) in [7, 11) is 3.08. The van der Waals surface area contributed by atoms with Crippen molar-refractivity contribution in [2.75, 3.05) is 38.8 Å². The van der Waals surface area contributed by atoms with Gasteiger partial charge in [0.25, 0.3) is 0 Å². The van der Waals surface area contributed by atoms with Crippen LogP contribution in [0.25, 0.3) is 0 Å². The highest BCUT2D eigenvalue weighted by Gasteiger charge is 2.27. The molecule has 19 heavy (non-hydrogen) atoms. The Kier molecular flexibility index (Phi) is 4.73. The van der Waals surface area contributed by atoms with E-state index in [1.54, 1.807) is 14.2 Å². The summed E-state index contributed by atoms with van der Waals surface area (Å²) in [5.41, 5.74) is 0. The Morgan fingerprint density at radius 3 is 2.47 bits per heavy atom. The van der Waals surface area contributed by atoms with Crippen LogP contribution in [0.1, 0.15) is 19.8 Å². The Morgan fingerprint density at radius 2 is 1.89 bits per heavy atom. The fraction of sp³-hybridized carbons (Fsp3) is 0.750. The zero-order chi connectivity index (χ0) is 13.7. The molecule has 7 heteroatoms. The zero-order valence-electron chi connectivity index (χ0n) is 11.7. The van der Waals surface area contributed by atoms with Crippen molar-refractivity contribution in [1.29, 1.82) is 0 Å². The van der Waals surface area contributed by atoms with Crippen LogP contribution < -0.4 is 19.7 Å². The fourth-order valence-electron chi connectivity index (χ4n) is 2.26. The van der Waals surface area contributed by atoms with Crippen LogP contribution in [0.15, 0.2) is 0 Å². The van der Waals surface area contributed by atoms with Crippen molar-refractivity contribution < 1.29 is 9.47 Å². The van der Waals surface area contributed by atoms with Gasteiger partial charge in [-0.15, -0.1) is 4.98 Å². The summed E-state index contributed by atoms with van der Waals surface area (Å²) in [4.78, 5) is 14.8. The van der Waals surface area contributed by atoms with Gasteiger partial charge in [-0.3, -0.25) is 0 Å². The Morgan fingerprint density at radius 1 is 1.21 bits per heavy atom. The van der Waals surface area contributed by atoms with Crippen LogP contribution in [0.2, 0.25) is 0 Å². The minimum absolute atomic E-state index is 0.288. The topological polar surface area (TPSA) is 72.4 Å². The highest BCUT2D eigenvalue weighted by molar-refractivity contribution is 5.35. The minimum atomic E-state index is 0.288. The van der Waals surface area contributed by atoms with Crippen LogP contribution in [0, 0.1) is 0 Å². The predicted molar refractivity (Wildman–Crippen MR) is 71.8 cm³/mol. The molecule has 0 radical (unpaired) electrons. The third-order valence-corrected chi connectivity index (χ3v) is 3.21. The molecule has 0 spiro atoms. The number of methoxy groups -OCH3 is 2. The minimum Gasteiger partial charge on any atom is -0.467 e. The van der Waals surface area contributed by atoms with Gasteiger partial charge in [0.1, 0.15) is 0 Å². The van der Waals surface area contributed by atoms with Crippen LogP contribution >= 0.6 is 0 Å². The highest BCUT2D eigenvalue weighted by atomic mass is 16.5. The second kappa shape index (κ2) is 6.51. The molecule has 0 bridgehead atoms. The summed E-state index contributed by atoms with van der Waals surface area (Å²) in [5.74, 6) is 0.629. The molecule has 0 aromatic carbocycles. The summed E-state index contributed by atoms with van der Waals surface area (Å²) in [6.45, 7) is 4.96. The highest BCUT2D eigenvalue weighted by Crippen LogP contribution is 2.24. The maximum atomic E-state index is 5.09. The average Bonchev–Trinajstić information content (AvgIpc) is 2.92. The maximum Gasteiger partial charge on any atom is 0.324 e. The van der Waals surface area contributed by atoms with Gasteiger partial charge < -0.3 is 19.7 Å². The summed E-state index contributed by atoms with van der Waals surface area (Å²) in [6.07, 6.45) is 2.29. The maximum absolute atomic E-state index is 5.09. The summed E-state index contributed by atoms with van der Waals surface area (Å²) in [6, 6.07) is 0.990. The third-order valence-electron chi connectivity index (χ3n) is 3.21. The van der Waals surface area contributed by atoms with Crippen molar-refractivity contribution >= 4 is 5.95 Å². The van der Waals surface area contributed by atoms with Crippen molar-refractivity contribution in [2.24, 2.45) is 0 Å². The van der Waals surface area contributed by atoms with Gasteiger partial charge in [-0.1, -0.05) is 6.92 Å². The van der Waals surface area contributed by atoms with E-state index >= 15 is 0 Å². The van der Waals surface area contributed by atoms with Gasteiger partial charge in [0.2, 0.25) is 5.95 Å². The summed E-state index contributed by atoms with van der Waals surface area (Å²) < 4.78 is 10.2. The van der Waals surface area contributed by atoms with Gasteiger partial charge in [-0.25, -0.2) is 0 Å². The van der Waals surface area contributed by atoms with E-state index in [4.69, 9.17) is 9.47 Å². The number of rotatable bonds is 6. The van der Waals surface area contributed by atoms with E-state index in [1.165, 1.54) is 0 Å². The first-order chi connectivity index (χ1) is 9.28. The standard InChI is InChI=1S/C12H21N5O2/c1-4-13-8-9-6-5-7-17(9)10-14-11(18-2)16-12(15-10)19-3/h9,13H,4-8H2,1-3H3. The smallest absolute Gasteiger partial charge is 0.324 e. The first-order valence-corrected chi connectivity index (χ1v) is 6.60. The van der Waals surface area contributed by atoms with Crippen LogP contribution in [0.4, 0.5) is 5.95 Å². The molecule has 0 saturated carbocycles. The predicted octanol–water partition coefficient (Wildman–Crippen LogP) is 0.467. The molecule has 0 aliphatic carbocycles. The van der Waals surface area contributed by atoms with Crippen LogP contribution in [0.3, 0.4) is 0 Å². The van der Waals surface area contributed by atoms with Gasteiger partial charge in [0, 0.05) is 19.1 Å². The van der Waals surface area contributed by atoms with E-state index in [0.717, 1.165) is 32.5 Å². The normalized spacial score (nSPS) is 18.7. The molecule has 1 atom stereocenters. The largest absolute Gasteiger partial charge is 0.467 e. The van der Waals surface area contributed by atoms with Gasteiger partial charge in [0.15, 0.2) is 0 Å². The second-order valence-corrected chi connectivity index (χ2v) is 4.41. The number of aromatic nitrogens is 3. The molecule has 2 rings (SSSR count). The molecular weight excluding hydrogens is 246 g/mol. The molecule has 1 saturated heterocycles. The second-order valence-electron chi connectivity index (χ2n) is 4.41. The lowest BCUT2D eigenvalue weighted by molar-refractivity contribution is 0.339. The molecule has 1 aromatic rings. The zero-order valence-corrected chi connectivity index (χ0v) is 11.7. The first-order valence-electron chi connectivity index (χ1n) is 6.60. The number of nitrogens with zero attached hydrogens (tertiary/aromatic N) is 4. The third kappa shape index (κ3) is 3.23. The summed E-state index contributed by atoms with van der Waals surface area (Å²) >= 11 is 0. The van der Waals surface area contributed by atoms with Crippen molar-refractivity contribution in [1.82, 2.24) is 20.3 Å². The Labute approximate surface area is 113 Å². The molecule has 1 fully saturated rings. The number of nitrogens with one attached hydrogen (secondary N) is 1. The fourth-order valence-corrected chi connectivity index (χ4v) is 2.26. The number of likely N-dealkylation sites (N-methyl/N-ethyl adjacent to an activating group) is 1. The van der Waals surface area contributed by atoms with E-state index in [0.29, 0.717) is 12.0 Å². The SMILES string of the molecule is CCNCC1CCCN1c1nc(OC)nc(OC)n1. The van der Waals surface area contributed by atoms with E-state index in [9.17, 15) is 0 Å². The van der Waals surface area contributed by atoms with E-state index in [-0.39, 0.29) is 12.0 Å². The molecule has 1 aliphatic heterocycles. The van der Waals surface area contributed by atoms with Gasteiger partial charge in [-0.05, 0) is 19.4 Å². The van der Waals surface area contributed by atoms with Gasteiger partial charge in [-0.2, -0.15) is 9.97 Å². The van der Waals surface area contributed by atoms with Gasteiger partial charge in [0.05, 0.1) is 14.2 Å². The average molecular weight is 267 g/mol. The molecule has 2 heterocycles. The Balaban J connectivity index is 2.19. The lowest BCUT2D eigenvalue weighted by atomic mass is 10.2. The van der Waals surface area contributed by atoms with E-state index in [2.05, 4.69) is 32.1 Å².